The van der Waals surface area contributed by atoms with E-state index in [4.69, 9.17) is 0 Å². The lowest BCUT2D eigenvalue weighted by atomic mass is 10.2. The van der Waals surface area contributed by atoms with Gasteiger partial charge in [0.2, 0.25) is 0 Å². The molecule has 0 aromatic heterocycles. The number of anilines is 2. The first-order valence-corrected chi connectivity index (χ1v) is 6.44. The van der Waals surface area contributed by atoms with Crippen molar-refractivity contribution in [2.75, 3.05) is 23.7 Å². The van der Waals surface area contributed by atoms with Crippen molar-refractivity contribution in [1.29, 1.82) is 0 Å². The zero-order valence-electron chi connectivity index (χ0n) is 10.6. The van der Waals surface area contributed by atoms with E-state index in [1.165, 1.54) is 37.1 Å². The zero-order chi connectivity index (χ0) is 11.6. The Bertz CT molecular complexity index is 259. The van der Waals surface area contributed by atoms with Crippen molar-refractivity contribution in [2.24, 2.45) is 0 Å². The van der Waals surface area contributed by atoms with E-state index in [1.54, 1.807) is 0 Å². The third-order valence-corrected chi connectivity index (χ3v) is 2.58. The molecule has 0 bridgehead atoms. The van der Waals surface area contributed by atoms with Crippen LogP contribution in [-0.4, -0.2) is 13.1 Å². The number of hydrogen-bond donors (Lipinski definition) is 2. The summed E-state index contributed by atoms with van der Waals surface area (Å²) in [5, 5.41) is 6.87. The summed E-state index contributed by atoms with van der Waals surface area (Å²) in [5.41, 5.74) is 2.44. The first kappa shape index (κ1) is 12.9. The van der Waals surface area contributed by atoms with Crippen LogP contribution < -0.4 is 10.6 Å². The second-order valence-corrected chi connectivity index (χ2v) is 4.14. The molecule has 0 heterocycles. The fourth-order valence-corrected chi connectivity index (χ4v) is 1.56. The Morgan fingerprint density at radius 2 is 1.38 bits per heavy atom. The second kappa shape index (κ2) is 8.03. The molecule has 0 atom stereocenters. The smallest absolute Gasteiger partial charge is 0.0360 e. The van der Waals surface area contributed by atoms with Gasteiger partial charge < -0.3 is 10.6 Å². The highest BCUT2D eigenvalue weighted by Crippen LogP contribution is 2.15. The van der Waals surface area contributed by atoms with Crippen molar-refractivity contribution in [1.82, 2.24) is 0 Å². The summed E-state index contributed by atoms with van der Waals surface area (Å²) in [6.07, 6.45) is 4.93. The first-order valence-electron chi connectivity index (χ1n) is 6.44. The molecule has 2 heteroatoms. The minimum absolute atomic E-state index is 1.06. The fourth-order valence-electron chi connectivity index (χ4n) is 1.56. The Morgan fingerprint density at radius 3 is 1.81 bits per heavy atom. The van der Waals surface area contributed by atoms with Crippen LogP contribution >= 0.6 is 0 Å². The molecule has 1 aromatic carbocycles. The molecule has 0 aliphatic carbocycles. The van der Waals surface area contributed by atoms with Crippen molar-refractivity contribution in [2.45, 2.75) is 39.5 Å². The van der Waals surface area contributed by atoms with Crippen molar-refractivity contribution >= 4 is 11.4 Å². The molecule has 0 spiro atoms. The van der Waals surface area contributed by atoms with E-state index in [9.17, 15) is 0 Å². The Balaban J connectivity index is 2.37. The molecule has 0 saturated heterocycles. The molecule has 0 fully saturated rings. The van der Waals surface area contributed by atoms with Gasteiger partial charge in [-0.3, -0.25) is 0 Å². The molecule has 0 amide bonds. The van der Waals surface area contributed by atoms with Gasteiger partial charge in [0, 0.05) is 24.5 Å². The first-order chi connectivity index (χ1) is 7.86. The maximum absolute atomic E-state index is 3.44. The number of unbranched alkanes of at least 4 members (excludes halogenated alkanes) is 2. The van der Waals surface area contributed by atoms with E-state index in [-0.39, 0.29) is 0 Å². The van der Waals surface area contributed by atoms with Gasteiger partial charge in [-0.1, -0.05) is 32.8 Å². The summed E-state index contributed by atoms with van der Waals surface area (Å²) in [4.78, 5) is 0. The molecule has 90 valence electrons. The van der Waals surface area contributed by atoms with Crippen LogP contribution in [0.3, 0.4) is 0 Å². The van der Waals surface area contributed by atoms with Gasteiger partial charge in [-0.05, 0) is 31.0 Å². The molecule has 2 N–H and O–H groups in total. The van der Waals surface area contributed by atoms with Gasteiger partial charge in [-0.15, -0.1) is 0 Å². The highest BCUT2D eigenvalue weighted by Gasteiger charge is 1.94. The van der Waals surface area contributed by atoms with E-state index < -0.39 is 0 Å². The summed E-state index contributed by atoms with van der Waals surface area (Å²) in [6.45, 7) is 6.55. The molecule has 2 nitrogen and oxygen atoms in total. The van der Waals surface area contributed by atoms with Crippen LogP contribution in [0.15, 0.2) is 24.3 Å². The largest absolute Gasteiger partial charge is 0.385 e. The lowest BCUT2D eigenvalue weighted by molar-refractivity contribution is 0.832. The predicted molar refractivity (Wildman–Crippen MR) is 73.2 cm³/mol. The molecule has 0 unspecified atom stereocenters. The minimum Gasteiger partial charge on any atom is -0.385 e. The summed E-state index contributed by atoms with van der Waals surface area (Å²) in [7, 11) is 0. The van der Waals surface area contributed by atoms with Crippen LogP contribution in [0.2, 0.25) is 0 Å². The van der Waals surface area contributed by atoms with Crippen molar-refractivity contribution in [3.8, 4) is 0 Å². The third kappa shape index (κ3) is 5.06. The van der Waals surface area contributed by atoms with Gasteiger partial charge in [-0.2, -0.15) is 0 Å². The maximum atomic E-state index is 3.44. The molecule has 16 heavy (non-hydrogen) atoms. The highest BCUT2D eigenvalue weighted by molar-refractivity contribution is 5.56. The SMILES string of the molecule is CCCCNc1cccc(NCCCC)c1. The third-order valence-electron chi connectivity index (χ3n) is 2.58. The van der Waals surface area contributed by atoms with E-state index in [1.807, 2.05) is 0 Å². The van der Waals surface area contributed by atoms with Gasteiger partial charge in [0.05, 0.1) is 0 Å². The van der Waals surface area contributed by atoms with Gasteiger partial charge >= 0.3 is 0 Å². The highest BCUT2D eigenvalue weighted by atomic mass is 14.9. The van der Waals surface area contributed by atoms with Gasteiger partial charge in [0.15, 0.2) is 0 Å². The van der Waals surface area contributed by atoms with Crippen molar-refractivity contribution in [3.63, 3.8) is 0 Å². The van der Waals surface area contributed by atoms with Crippen LogP contribution in [0, 0.1) is 0 Å². The van der Waals surface area contributed by atoms with Gasteiger partial charge in [0.25, 0.3) is 0 Å². The number of hydrogen-bond acceptors (Lipinski definition) is 2. The molecule has 0 aliphatic heterocycles. The predicted octanol–water partition coefficient (Wildman–Crippen LogP) is 4.11. The molecule has 0 saturated carbocycles. The van der Waals surface area contributed by atoms with E-state index >= 15 is 0 Å². The molecule has 0 radical (unpaired) electrons. The lowest BCUT2D eigenvalue weighted by Gasteiger charge is -2.09. The van der Waals surface area contributed by atoms with Crippen LogP contribution in [0.25, 0.3) is 0 Å². The maximum Gasteiger partial charge on any atom is 0.0360 e. The van der Waals surface area contributed by atoms with E-state index in [0.29, 0.717) is 0 Å². The van der Waals surface area contributed by atoms with Crippen LogP contribution in [0.4, 0.5) is 11.4 Å². The molecular formula is C14H24N2. The van der Waals surface area contributed by atoms with E-state index in [0.717, 1.165) is 13.1 Å². The molecular weight excluding hydrogens is 196 g/mol. The monoisotopic (exact) mass is 220 g/mol. The normalized spacial score (nSPS) is 10.1. The zero-order valence-corrected chi connectivity index (χ0v) is 10.6. The summed E-state index contributed by atoms with van der Waals surface area (Å²) in [6, 6.07) is 8.54. The van der Waals surface area contributed by atoms with Crippen LogP contribution in [-0.2, 0) is 0 Å². The Labute approximate surface area is 99.5 Å². The van der Waals surface area contributed by atoms with Gasteiger partial charge in [0.1, 0.15) is 0 Å². The van der Waals surface area contributed by atoms with E-state index in [2.05, 4.69) is 48.7 Å². The number of benzene rings is 1. The van der Waals surface area contributed by atoms with Crippen LogP contribution in [0.5, 0.6) is 0 Å². The topological polar surface area (TPSA) is 24.1 Å². The Morgan fingerprint density at radius 1 is 0.875 bits per heavy atom. The molecule has 1 rings (SSSR count). The van der Waals surface area contributed by atoms with Crippen molar-refractivity contribution < 1.29 is 0 Å². The quantitative estimate of drug-likeness (QED) is 0.644. The van der Waals surface area contributed by atoms with Gasteiger partial charge in [-0.25, -0.2) is 0 Å². The lowest BCUT2D eigenvalue weighted by Crippen LogP contribution is -2.03. The van der Waals surface area contributed by atoms with Crippen molar-refractivity contribution in [3.05, 3.63) is 24.3 Å². The Hall–Kier alpha value is -1.18. The average Bonchev–Trinajstić information content (AvgIpc) is 2.30. The summed E-state index contributed by atoms with van der Waals surface area (Å²) < 4.78 is 0. The summed E-state index contributed by atoms with van der Waals surface area (Å²) >= 11 is 0. The molecule has 0 aliphatic rings. The fraction of sp³-hybridized carbons (Fsp3) is 0.571. The average molecular weight is 220 g/mol. The standard InChI is InChI=1S/C14H24N2/c1-3-5-10-15-13-8-7-9-14(12-13)16-11-6-4-2/h7-9,12,15-16H,3-6,10-11H2,1-2H3. The number of nitrogens with one attached hydrogen (secondary N) is 2. The minimum atomic E-state index is 1.06. The second-order valence-electron chi connectivity index (χ2n) is 4.14. The van der Waals surface area contributed by atoms with Crippen LogP contribution in [0.1, 0.15) is 39.5 Å². The number of rotatable bonds is 8. The Kier molecular flexibility index (Phi) is 6.47. The summed E-state index contributed by atoms with van der Waals surface area (Å²) in [5.74, 6) is 0. The molecule has 1 aromatic rings.